The topological polar surface area (TPSA) is 74.3 Å². The first-order valence-corrected chi connectivity index (χ1v) is 11.7. The number of ether oxygens (including phenoxy) is 1. The van der Waals surface area contributed by atoms with Crippen LogP contribution in [0, 0.1) is 0 Å². The molecule has 1 aromatic carbocycles. The van der Waals surface area contributed by atoms with Crippen LogP contribution in [0.2, 0.25) is 5.02 Å². The largest absolute Gasteiger partial charge is 0.478 e. The average Bonchev–Trinajstić information content (AvgIpc) is 2.83. The van der Waals surface area contributed by atoms with Gasteiger partial charge in [-0.05, 0) is 49.7 Å². The summed E-state index contributed by atoms with van der Waals surface area (Å²) in [5.74, 6) is 0.544. The molecular formula is C25H26ClN5O2. The van der Waals surface area contributed by atoms with Crippen molar-refractivity contribution in [2.75, 3.05) is 44.2 Å². The van der Waals surface area contributed by atoms with Gasteiger partial charge in [-0.1, -0.05) is 17.7 Å². The minimum Gasteiger partial charge on any atom is -0.478 e. The second-order valence-electron chi connectivity index (χ2n) is 8.29. The molecule has 0 atom stereocenters. The Hall–Kier alpha value is -3.16. The van der Waals surface area contributed by atoms with Crippen molar-refractivity contribution < 1.29 is 4.74 Å². The maximum absolute atomic E-state index is 11.5. The second kappa shape index (κ2) is 9.77. The van der Waals surface area contributed by atoms with Crippen molar-refractivity contribution in [1.82, 2.24) is 19.9 Å². The fourth-order valence-electron chi connectivity index (χ4n) is 4.30. The highest BCUT2D eigenvalue weighted by molar-refractivity contribution is 6.31. The van der Waals surface area contributed by atoms with Crippen molar-refractivity contribution in [2.24, 2.45) is 0 Å². The number of fused-ring (bicyclic) bond motifs is 2. The number of hydrogen-bond acceptors (Lipinski definition) is 6. The number of nitrogens with zero attached hydrogens (tertiary/aromatic N) is 4. The van der Waals surface area contributed by atoms with Crippen molar-refractivity contribution in [3.63, 3.8) is 0 Å². The van der Waals surface area contributed by atoms with Crippen LogP contribution in [0.3, 0.4) is 0 Å². The molecule has 0 unspecified atom stereocenters. The van der Waals surface area contributed by atoms with E-state index < -0.39 is 0 Å². The number of nitrogens with one attached hydrogen (secondary N) is 1. The van der Waals surface area contributed by atoms with E-state index in [0.717, 1.165) is 61.9 Å². The van der Waals surface area contributed by atoms with Gasteiger partial charge in [0, 0.05) is 61.0 Å². The van der Waals surface area contributed by atoms with Gasteiger partial charge in [-0.3, -0.25) is 14.7 Å². The smallest absolute Gasteiger partial charge is 0.249 e. The third-order valence-corrected chi connectivity index (χ3v) is 6.26. The predicted octanol–water partition coefficient (Wildman–Crippen LogP) is 4.11. The van der Waals surface area contributed by atoms with Crippen molar-refractivity contribution in [3.05, 3.63) is 70.1 Å². The lowest BCUT2D eigenvalue weighted by Crippen LogP contribution is -2.46. The number of rotatable bonds is 7. The quantitative estimate of drug-likeness (QED) is 0.416. The third kappa shape index (κ3) is 5.10. The zero-order valence-electron chi connectivity index (χ0n) is 18.3. The van der Waals surface area contributed by atoms with Gasteiger partial charge in [0.25, 0.3) is 0 Å². The number of hydrogen-bond donors (Lipinski definition) is 1. The van der Waals surface area contributed by atoms with E-state index in [2.05, 4.69) is 36.9 Å². The number of aromatic amines is 1. The number of H-pyrrole nitrogens is 1. The second-order valence-corrected chi connectivity index (χ2v) is 8.73. The Kier molecular flexibility index (Phi) is 6.41. The van der Waals surface area contributed by atoms with Crippen molar-refractivity contribution in [3.8, 4) is 5.88 Å². The molecular weight excluding hydrogens is 438 g/mol. The Labute approximate surface area is 197 Å². The normalized spacial score (nSPS) is 14.8. The van der Waals surface area contributed by atoms with Gasteiger partial charge < -0.3 is 14.6 Å². The zero-order chi connectivity index (χ0) is 22.6. The Balaban J connectivity index is 1.07. The molecule has 0 saturated carbocycles. The average molecular weight is 464 g/mol. The van der Waals surface area contributed by atoms with Gasteiger partial charge in [-0.25, -0.2) is 0 Å². The Morgan fingerprint density at radius 3 is 2.76 bits per heavy atom. The number of piperazine rings is 1. The molecule has 8 heteroatoms. The number of aromatic nitrogens is 3. The highest BCUT2D eigenvalue weighted by atomic mass is 35.5. The van der Waals surface area contributed by atoms with Gasteiger partial charge in [-0.2, -0.15) is 4.98 Å². The summed E-state index contributed by atoms with van der Waals surface area (Å²) in [5.41, 5.74) is 2.58. The van der Waals surface area contributed by atoms with Crippen LogP contribution in [-0.2, 0) is 0 Å². The molecule has 4 heterocycles. The molecule has 1 saturated heterocycles. The summed E-state index contributed by atoms with van der Waals surface area (Å²) < 4.78 is 5.79. The third-order valence-electron chi connectivity index (χ3n) is 6.06. The summed E-state index contributed by atoms with van der Waals surface area (Å²) in [6.45, 7) is 5.70. The van der Waals surface area contributed by atoms with Crippen molar-refractivity contribution >= 4 is 39.2 Å². The van der Waals surface area contributed by atoms with Crippen molar-refractivity contribution in [1.29, 1.82) is 0 Å². The molecule has 3 aromatic heterocycles. The van der Waals surface area contributed by atoms with Crippen LogP contribution in [0.25, 0.3) is 21.9 Å². The van der Waals surface area contributed by atoms with Gasteiger partial charge in [0.1, 0.15) is 5.65 Å². The standard InChI is InChI=1S/C25H26ClN5O2/c26-19-16-20-21(27-17-19)4-3-5-22(20)31-13-11-30(12-14-31)10-1-2-15-33-24-9-7-18-6-8-23(32)28-25(18)29-24/h3-9,16-17H,1-2,10-15H2,(H,28,29,32). The lowest BCUT2D eigenvalue weighted by Gasteiger charge is -2.36. The van der Waals surface area contributed by atoms with E-state index in [9.17, 15) is 4.79 Å². The first-order chi connectivity index (χ1) is 16.2. The van der Waals surface area contributed by atoms with Crippen LogP contribution in [0.5, 0.6) is 5.88 Å². The summed E-state index contributed by atoms with van der Waals surface area (Å²) in [4.78, 5) is 28.0. The molecule has 7 nitrogen and oxygen atoms in total. The van der Waals surface area contributed by atoms with Gasteiger partial charge in [0.2, 0.25) is 11.4 Å². The van der Waals surface area contributed by atoms with Crippen LogP contribution >= 0.6 is 11.6 Å². The highest BCUT2D eigenvalue weighted by Gasteiger charge is 2.18. The lowest BCUT2D eigenvalue weighted by molar-refractivity contribution is 0.237. The van der Waals surface area contributed by atoms with Crippen LogP contribution < -0.4 is 15.2 Å². The van der Waals surface area contributed by atoms with Crippen molar-refractivity contribution in [2.45, 2.75) is 12.8 Å². The Morgan fingerprint density at radius 2 is 1.88 bits per heavy atom. The molecule has 5 rings (SSSR count). The molecule has 1 aliphatic rings. The van der Waals surface area contributed by atoms with E-state index in [1.165, 1.54) is 11.8 Å². The number of halogens is 1. The Morgan fingerprint density at radius 1 is 1.03 bits per heavy atom. The van der Waals surface area contributed by atoms with Crippen LogP contribution in [-0.4, -0.2) is 59.2 Å². The molecule has 0 radical (unpaired) electrons. The fraction of sp³-hybridized carbons (Fsp3) is 0.320. The van der Waals surface area contributed by atoms with Crippen LogP contribution in [0.4, 0.5) is 5.69 Å². The molecule has 0 aliphatic carbocycles. The lowest BCUT2D eigenvalue weighted by atomic mass is 10.1. The van der Waals surface area contributed by atoms with Gasteiger partial charge in [0.05, 0.1) is 17.1 Å². The molecule has 33 heavy (non-hydrogen) atoms. The summed E-state index contributed by atoms with van der Waals surface area (Å²) in [5, 5.41) is 2.67. The van der Waals surface area contributed by atoms with Crippen LogP contribution in [0.1, 0.15) is 12.8 Å². The minimum absolute atomic E-state index is 0.159. The number of unbranched alkanes of at least 4 members (excludes halogenated alkanes) is 1. The van der Waals surface area contributed by atoms with Gasteiger partial charge in [-0.15, -0.1) is 0 Å². The summed E-state index contributed by atoms with van der Waals surface area (Å²) >= 11 is 6.19. The van der Waals surface area contributed by atoms with Gasteiger partial charge in [0.15, 0.2) is 0 Å². The minimum atomic E-state index is -0.159. The molecule has 4 aromatic rings. The zero-order valence-corrected chi connectivity index (χ0v) is 19.1. The molecule has 0 spiro atoms. The van der Waals surface area contributed by atoms with E-state index >= 15 is 0 Å². The maximum atomic E-state index is 11.5. The summed E-state index contributed by atoms with van der Waals surface area (Å²) in [6.07, 6.45) is 3.73. The van der Waals surface area contributed by atoms with Crippen LogP contribution in [0.15, 0.2) is 59.5 Å². The van der Waals surface area contributed by atoms with E-state index in [1.54, 1.807) is 12.3 Å². The number of pyridine rings is 3. The molecule has 170 valence electrons. The highest BCUT2D eigenvalue weighted by Crippen LogP contribution is 2.28. The maximum Gasteiger partial charge on any atom is 0.249 e. The van der Waals surface area contributed by atoms with E-state index in [1.807, 2.05) is 24.3 Å². The monoisotopic (exact) mass is 463 g/mol. The Bertz CT molecular complexity index is 1320. The first-order valence-electron chi connectivity index (χ1n) is 11.3. The predicted molar refractivity (Wildman–Crippen MR) is 132 cm³/mol. The fourth-order valence-corrected chi connectivity index (χ4v) is 4.46. The molecule has 1 N–H and O–H groups in total. The number of anilines is 1. The van der Waals surface area contributed by atoms with E-state index in [4.69, 9.17) is 16.3 Å². The van der Waals surface area contributed by atoms with E-state index in [-0.39, 0.29) is 5.56 Å². The summed E-state index contributed by atoms with van der Waals surface area (Å²) in [6, 6.07) is 15.3. The molecule has 1 fully saturated rings. The number of benzene rings is 1. The van der Waals surface area contributed by atoms with E-state index in [0.29, 0.717) is 23.2 Å². The molecule has 0 amide bonds. The SMILES string of the molecule is O=c1ccc2ccc(OCCCCN3CCN(c4cccc5ncc(Cl)cc45)CC3)nc2[nH]1. The summed E-state index contributed by atoms with van der Waals surface area (Å²) in [7, 11) is 0. The molecule has 1 aliphatic heterocycles. The molecule has 0 bridgehead atoms. The first kappa shape index (κ1) is 21.7. The van der Waals surface area contributed by atoms with Gasteiger partial charge >= 0.3 is 0 Å².